The SMILES string of the molecule is CCCC1=C(C(=O)OCC)C(c2ccccc2OC)n2c(s/c(=C\c3ccc(OCc4ccccc4)cc3)c2=O)=N1. The van der Waals surface area contributed by atoms with E-state index < -0.39 is 12.0 Å². The van der Waals surface area contributed by atoms with E-state index in [1.54, 1.807) is 18.6 Å². The average molecular weight is 569 g/mol. The molecule has 1 aromatic heterocycles. The van der Waals surface area contributed by atoms with E-state index >= 15 is 0 Å². The minimum atomic E-state index is -0.723. The van der Waals surface area contributed by atoms with Crippen molar-refractivity contribution >= 4 is 23.4 Å². The van der Waals surface area contributed by atoms with Crippen molar-refractivity contribution in [3.8, 4) is 11.5 Å². The van der Waals surface area contributed by atoms with E-state index in [0.29, 0.717) is 44.9 Å². The molecule has 0 spiro atoms. The lowest BCUT2D eigenvalue weighted by Gasteiger charge is -2.26. The Hall–Kier alpha value is -4.43. The number of hydrogen-bond donors (Lipinski definition) is 0. The van der Waals surface area contributed by atoms with Crippen molar-refractivity contribution in [1.82, 2.24) is 4.57 Å². The van der Waals surface area contributed by atoms with Crippen LogP contribution in [0.5, 0.6) is 11.5 Å². The van der Waals surface area contributed by atoms with Crippen molar-refractivity contribution in [2.75, 3.05) is 13.7 Å². The first-order chi connectivity index (χ1) is 20.0. The molecule has 0 saturated heterocycles. The smallest absolute Gasteiger partial charge is 0.338 e. The largest absolute Gasteiger partial charge is 0.496 e. The number of thiazole rings is 1. The minimum Gasteiger partial charge on any atom is -0.496 e. The van der Waals surface area contributed by atoms with Crippen LogP contribution in [-0.4, -0.2) is 24.3 Å². The van der Waals surface area contributed by atoms with E-state index in [0.717, 1.165) is 23.3 Å². The van der Waals surface area contributed by atoms with E-state index in [9.17, 15) is 9.59 Å². The molecule has 0 amide bonds. The van der Waals surface area contributed by atoms with E-state index in [2.05, 4.69) is 0 Å². The van der Waals surface area contributed by atoms with E-state index in [1.165, 1.54) is 11.3 Å². The number of nitrogens with zero attached hydrogens (tertiary/aromatic N) is 2. The molecular formula is C33H32N2O5S. The number of carbonyl (C=O) groups excluding carboxylic acids is 1. The first-order valence-corrected chi connectivity index (χ1v) is 14.5. The first kappa shape index (κ1) is 28.1. The predicted molar refractivity (Wildman–Crippen MR) is 160 cm³/mol. The Balaban J connectivity index is 1.57. The van der Waals surface area contributed by atoms with Crippen LogP contribution >= 0.6 is 11.3 Å². The van der Waals surface area contributed by atoms with Crippen LogP contribution in [0.1, 0.15) is 49.4 Å². The molecule has 1 aliphatic rings. The van der Waals surface area contributed by atoms with Crippen molar-refractivity contribution in [2.24, 2.45) is 4.99 Å². The quantitative estimate of drug-likeness (QED) is 0.247. The fourth-order valence-corrected chi connectivity index (χ4v) is 5.88. The van der Waals surface area contributed by atoms with Gasteiger partial charge in [-0.3, -0.25) is 9.36 Å². The fourth-order valence-electron chi connectivity index (χ4n) is 4.86. The molecule has 8 heteroatoms. The summed E-state index contributed by atoms with van der Waals surface area (Å²) < 4.78 is 19.2. The molecule has 4 aromatic rings. The molecule has 0 N–H and O–H groups in total. The Morgan fingerprint density at radius 2 is 1.73 bits per heavy atom. The second kappa shape index (κ2) is 12.8. The van der Waals surface area contributed by atoms with Gasteiger partial charge in [0.2, 0.25) is 0 Å². The number of allylic oxidation sites excluding steroid dienone is 1. The highest BCUT2D eigenvalue weighted by atomic mass is 32.1. The number of benzene rings is 3. The van der Waals surface area contributed by atoms with Crippen molar-refractivity contribution in [1.29, 1.82) is 0 Å². The van der Waals surface area contributed by atoms with Gasteiger partial charge in [-0.2, -0.15) is 0 Å². The van der Waals surface area contributed by atoms with E-state index in [4.69, 9.17) is 19.2 Å². The Morgan fingerprint density at radius 1 is 1.00 bits per heavy atom. The molecule has 7 nitrogen and oxygen atoms in total. The lowest BCUT2D eigenvalue weighted by molar-refractivity contribution is -0.139. The third kappa shape index (κ3) is 6.02. The molecule has 210 valence electrons. The molecule has 41 heavy (non-hydrogen) atoms. The Morgan fingerprint density at radius 3 is 2.44 bits per heavy atom. The highest BCUT2D eigenvalue weighted by molar-refractivity contribution is 7.07. The Kier molecular flexibility index (Phi) is 8.79. The fraction of sp³-hybridized carbons (Fsp3) is 0.242. The van der Waals surface area contributed by atoms with Crippen molar-refractivity contribution in [2.45, 2.75) is 39.3 Å². The molecular weight excluding hydrogens is 536 g/mol. The highest BCUT2D eigenvalue weighted by Gasteiger charge is 2.35. The summed E-state index contributed by atoms with van der Waals surface area (Å²) in [5.74, 6) is 0.848. The van der Waals surface area contributed by atoms with Crippen LogP contribution < -0.4 is 24.4 Å². The molecule has 1 aliphatic heterocycles. The van der Waals surface area contributed by atoms with E-state index in [1.807, 2.05) is 91.9 Å². The maximum atomic E-state index is 14.0. The highest BCUT2D eigenvalue weighted by Crippen LogP contribution is 2.36. The number of aromatic nitrogens is 1. The lowest BCUT2D eigenvalue weighted by atomic mass is 9.93. The zero-order chi connectivity index (χ0) is 28.8. The molecule has 5 rings (SSSR count). The molecule has 0 fully saturated rings. The number of fused-ring (bicyclic) bond motifs is 1. The molecule has 0 aliphatic carbocycles. The van der Waals surface area contributed by atoms with Crippen LogP contribution in [0.2, 0.25) is 0 Å². The van der Waals surface area contributed by atoms with Gasteiger partial charge in [0.25, 0.3) is 5.56 Å². The summed E-state index contributed by atoms with van der Waals surface area (Å²) in [6.45, 7) is 4.50. The van der Waals surface area contributed by atoms with Gasteiger partial charge in [0.05, 0.1) is 29.5 Å². The van der Waals surface area contributed by atoms with Crippen LogP contribution in [0.4, 0.5) is 0 Å². The molecule has 0 radical (unpaired) electrons. The number of para-hydroxylation sites is 1. The summed E-state index contributed by atoms with van der Waals surface area (Å²) in [6.07, 6.45) is 3.21. The summed E-state index contributed by atoms with van der Waals surface area (Å²) in [6, 6.07) is 24.3. The summed E-state index contributed by atoms with van der Waals surface area (Å²) >= 11 is 1.31. The summed E-state index contributed by atoms with van der Waals surface area (Å²) in [4.78, 5) is 32.7. The molecule has 1 unspecified atom stereocenters. The normalized spacial score (nSPS) is 14.8. The molecule has 3 aromatic carbocycles. The van der Waals surface area contributed by atoms with Crippen LogP contribution in [0.3, 0.4) is 0 Å². The average Bonchev–Trinajstić information content (AvgIpc) is 3.31. The van der Waals surface area contributed by atoms with Gasteiger partial charge in [-0.1, -0.05) is 85.3 Å². The van der Waals surface area contributed by atoms with Gasteiger partial charge in [-0.15, -0.1) is 0 Å². The van der Waals surface area contributed by atoms with Crippen LogP contribution in [0, 0.1) is 0 Å². The van der Waals surface area contributed by atoms with Gasteiger partial charge < -0.3 is 14.2 Å². The Labute approximate surface area is 242 Å². The third-order valence-corrected chi connectivity index (χ3v) is 7.73. The topological polar surface area (TPSA) is 79.1 Å². The number of esters is 1. The van der Waals surface area contributed by atoms with Gasteiger partial charge >= 0.3 is 5.97 Å². The van der Waals surface area contributed by atoms with Crippen molar-refractivity contribution in [3.63, 3.8) is 0 Å². The van der Waals surface area contributed by atoms with Gasteiger partial charge in [0, 0.05) is 5.56 Å². The standard InChI is InChI=1S/C33H32N2O5S/c1-4-11-26-29(32(37)39-5-2)30(25-14-9-10-15-27(25)38-3)35-31(36)28(41-33(35)34-26)20-22-16-18-24(19-17-22)40-21-23-12-7-6-8-13-23/h6-10,12-20,30H,4-5,11,21H2,1-3H3/b28-20-. The van der Waals surface area contributed by atoms with Crippen LogP contribution in [-0.2, 0) is 16.1 Å². The number of ether oxygens (including phenoxy) is 3. The number of rotatable bonds is 10. The molecule has 2 heterocycles. The van der Waals surface area contributed by atoms with Gasteiger partial charge in [-0.25, -0.2) is 9.79 Å². The maximum absolute atomic E-state index is 14.0. The molecule has 0 bridgehead atoms. The zero-order valence-electron chi connectivity index (χ0n) is 23.3. The summed E-state index contributed by atoms with van der Waals surface area (Å²) in [5.41, 5.74) is 3.42. The predicted octanol–water partition coefficient (Wildman–Crippen LogP) is 5.17. The third-order valence-electron chi connectivity index (χ3n) is 6.75. The second-order valence-electron chi connectivity index (χ2n) is 9.50. The minimum absolute atomic E-state index is 0.218. The molecule has 1 atom stereocenters. The second-order valence-corrected chi connectivity index (χ2v) is 10.5. The monoisotopic (exact) mass is 568 g/mol. The van der Waals surface area contributed by atoms with Crippen LogP contribution in [0.15, 0.2) is 99.9 Å². The van der Waals surface area contributed by atoms with Gasteiger partial charge in [0.1, 0.15) is 24.1 Å². The lowest BCUT2D eigenvalue weighted by Crippen LogP contribution is -2.40. The number of methoxy groups -OCH3 is 1. The zero-order valence-corrected chi connectivity index (χ0v) is 24.1. The molecule has 0 saturated carbocycles. The van der Waals surface area contributed by atoms with Gasteiger partial charge in [-0.05, 0) is 48.7 Å². The number of carbonyl (C=O) groups is 1. The first-order valence-electron chi connectivity index (χ1n) is 13.7. The maximum Gasteiger partial charge on any atom is 0.338 e. The van der Waals surface area contributed by atoms with E-state index in [-0.39, 0.29) is 12.2 Å². The van der Waals surface area contributed by atoms with Crippen LogP contribution in [0.25, 0.3) is 6.08 Å². The van der Waals surface area contributed by atoms with Crippen molar-refractivity contribution < 1.29 is 19.0 Å². The van der Waals surface area contributed by atoms with Crippen molar-refractivity contribution in [3.05, 3.63) is 127 Å². The number of hydrogen-bond acceptors (Lipinski definition) is 7. The Bertz CT molecular complexity index is 1740. The van der Waals surface area contributed by atoms with Gasteiger partial charge in [0.15, 0.2) is 4.80 Å². The summed E-state index contributed by atoms with van der Waals surface area (Å²) in [5, 5.41) is 0. The summed E-state index contributed by atoms with van der Waals surface area (Å²) in [7, 11) is 1.58.